The zero-order valence-electron chi connectivity index (χ0n) is 18.3. The van der Waals surface area contributed by atoms with E-state index in [4.69, 9.17) is 25.8 Å². The molecule has 7 nitrogen and oxygen atoms in total. The van der Waals surface area contributed by atoms with E-state index in [1.165, 1.54) is 33.5 Å². The average molecular weight is 467 g/mol. The average Bonchev–Trinajstić information content (AvgIpc) is 2.84. The van der Waals surface area contributed by atoms with Crippen molar-refractivity contribution in [1.29, 1.82) is 0 Å². The molecule has 0 atom stereocenters. The van der Waals surface area contributed by atoms with E-state index >= 15 is 0 Å². The number of hydrogen-bond donors (Lipinski definition) is 2. The van der Waals surface area contributed by atoms with Gasteiger partial charge in [-0.2, -0.15) is 0 Å². The van der Waals surface area contributed by atoms with Gasteiger partial charge in [-0.05, 0) is 42.5 Å². The summed E-state index contributed by atoms with van der Waals surface area (Å²) in [5.41, 5.74) is 1.30. The molecule has 0 bridgehead atoms. The second-order valence-corrected chi connectivity index (χ2v) is 7.17. The third-order valence-corrected chi connectivity index (χ3v) is 5.03. The van der Waals surface area contributed by atoms with Crippen LogP contribution in [0.15, 0.2) is 72.4 Å². The van der Waals surface area contributed by atoms with Crippen LogP contribution in [0.1, 0.15) is 15.9 Å². The van der Waals surface area contributed by atoms with Crippen LogP contribution in [0.25, 0.3) is 6.08 Å². The van der Waals surface area contributed by atoms with E-state index in [2.05, 4.69) is 10.6 Å². The SMILES string of the molecule is COc1ccccc1C=C(NC(=O)c1ccc(OC)c(OC)c1)C(=O)Nc1ccccc1Cl. The van der Waals surface area contributed by atoms with Crippen LogP contribution in [0.3, 0.4) is 0 Å². The zero-order chi connectivity index (χ0) is 23.8. The molecule has 3 aromatic carbocycles. The van der Waals surface area contributed by atoms with Crippen molar-refractivity contribution in [1.82, 2.24) is 5.32 Å². The molecule has 0 heterocycles. The van der Waals surface area contributed by atoms with Gasteiger partial charge in [0.15, 0.2) is 11.5 Å². The first-order chi connectivity index (χ1) is 16.0. The third kappa shape index (κ3) is 5.84. The van der Waals surface area contributed by atoms with Crippen LogP contribution < -0.4 is 24.8 Å². The number of nitrogens with one attached hydrogen (secondary N) is 2. The van der Waals surface area contributed by atoms with Crippen LogP contribution in [0.5, 0.6) is 17.2 Å². The second kappa shape index (κ2) is 11.1. The van der Waals surface area contributed by atoms with Crippen molar-refractivity contribution in [2.45, 2.75) is 0 Å². The number of carbonyl (C=O) groups excluding carboxylic acids is 2. The predicted molar refractivity (Wildman–Crippen MR) is 128 cm³/mol. The summed E-state index contributed by atoms with van der Waals surface area (Å²) in [6, 6.07) is 18.7. The van der Waals surface area contributed by atoms with E-state index in [1.54, 1.807) is 54.6 Å². The predicted octanol–water partition coefficient (Wildman–Crippen LogP) is 4.78. The van der Waals surface area contributed by atoms with Gasteiger partial charge in [0.25, 0.3) is 11.8 Å². The van der Waals surface area contributed by atoms with Gasteiger partial charge in [-0.25, -0.2) is 0 Å². The van der Waals surface area contributed by atoms with Crippen molar-refractivity contribution in [3.8, 4) is 17.2 Å². The lowest BCUT2D eigenvalue weighted by molar-refractivity contribution is -0.113. The molecule has 0 aliphatic heterocycles. The number of ether oxygens (including phenoxy) is 3. The molecule has 33 heavy (non-hydrogen) atoms. The van der Waals surface area contributed by atoms with Crippen LogP contribution in [-0.2, 0) is 4.79 Å². The number of hydrogen-bond acceptors (Lipinski definition) is 5. The maximum atomic E-state index is 13.1. The monoisotopic (exact) mass is 466 g/mol. The molecule has 2 amide bonds. The van der Waals surface area contributed by atoms with E-state index in [0.29, 0.717) is 33.5 Å². The fourth-order valence-corrected chi connectivity index (χ4v) is 3.21. The molecule has 170 valence electrons. The number of anilines is 1. The Morgan fingerprint density at radius 3 is 2.18 bits per heavy atom. The lowest BCUT2D eigenvalue weighted by atomic mass is 10.1. The minimum absolute atomic E-state index is 0.000736. The van der Waals surface area contributed by atoms with E-state index in [-0.39, 0.29) is 11.3 Å². The molecule has 2 N–H and O–H groups in total. The summed E-state index contributed by atoms with van der Waals surface area (Å²) in [5, 5.41) is 5.77. The Hall–Kier alpha value is -3.97. The van der Waals surface area contributed by atoms with Crippen molar-refractivity contribution in [3.05, 3.63) is 88.6 Å². The highest BCUT2D eigenvalue weighted by atomic mass is 35.5. The number of methoxy groups -OCH3 is 3. The Kier molecular flexibility index (Phi) is 7.94. The molecule has 0 unspecified atom stereocenters. The van der Waals surface area contributed by atoms with E-state index in [1.807, 2.05) is 6.07 Å². The Bertz CT molecular complexity index is 1190. The lowest BCUT2D eigenvalue weighted by Crippen LogP contribution is -2.30. The lowest BCUT2D eigenvalue weighted by Gasteiger charge is -2.14. The zero-order valence-corrected chi connectivity index (χ0v) is 19.1. The first kappa shape index (κ1) is 23.7. The van der Waals surface area contributed by atoms with E-state index in [0.717, 1.165) is 0 Å². The summed E-state index contributed by atoms with van der Waals surface area (Å²) in [7, 11) is 4.51. The van der Waals surface area contributed by atoms with Crippen LogP contribution in [0.2, 0.25) is 5.02 Å². The molecule has 0 saturated heterocycles. The Morgan fingerprint density at radius 2 is 1.48 bits per heavy atom. The Labute approximate surface area is 196 Å². The topological polar surface area (TPSA) is 85.9 Å². The van der Waals surface area contributed by atoms with Gasteiger partial charge in [0.2, 0.25) is 0 Å². The molecule has 0 aliphatic carbocycles. The maximum absolute atomic E-state index is 13.1. The number of halogens is 1. The molecule has 0 saturated carbocycles. The quantitative estimate of drug-likeness (QED) is 0.467. The van der Waals surface area contributed by atoms with Crippen molar-refractivity contribution >= 4 is 35.2 Å². The Morgan fingerprint density at radius 1 is 0.818 bits per heavy atom. The smallest absolute Gasteiger partial charge is 0.272 e. The van der Waals surface area contributed by atoms with Gasteiger partial charge in [0.05, 0.1) is 32.0 Å². The van der Waals surface area contributed by atoms with Crippen LogP contribution in [0, 0.1) is 0 Å². The third-order valence-electron chi connectivity index (χ3n) is 4.70. The summed E-state index contributed by atoms with van der Waals surface area (Å²) in [5.74, 6) is 0.353. The summed E-state index contributed by atoms with van der Waals surface area (Å²) in [6.07, 6.45) is 1.53. The fourth-order valence-electron chi connectivity index (χ4n) is 3.02. The van der Waals surface area contributed by atoms with E-state index < -0.39 is 11.8 Å². The van der Waals surface area contributed by atoms with Crippen LogP contribution >= 0.6 is 11.6 Å². The highest BCUT2D eigenvalue weighted by molar-refractivity contribution is 6.34. The van der Waals surface area contributed by atoms with Crippen molar-refractivity contribution in [2.75, 3.05) is 26.6 Å². The molecule has 3 rings (SSSR count). The van der Waals surface area contributed by atoms with Gasteiger partial charge in [-0.3, -0.25) is 9.59 Å². The highest BCUT2D eigenvalue weighted by Gasteiger charge is 2.18. The first-order valence-electron chi connectivity index (χ1n) is 9.90. The summed E-state index contributed by atoms with van der Waals surface area (Å²) in [4.78, 5) is 26.1. The molecule has 0 radical (unpaired) electrons. The minimum Gasteiger partial charge on any atom is -0.496 e. The van der Waals surface area contributed by atoms with Crippen LogP contribution in [0.4, 0.5) is 5.69 Å². The number of rotatable bonds is 8. The van der Waals surface area contributed by atoms with Crippen LogP contribution in [-0.4, -0.2) is 33.1 Å². The van der Waals surface area contributed by atoms with Gasteiger partial charge in [-0.15, -0.1) is 0 Å². The molecular weight excluding hydrogens is 444 g/mol. The molecule has 0 fully saturated rings. The van der Waals surface area contributed by atoms with Gasteiger partial charge in [0, 0.05) is 11.1 Å². The highest BCUT2D eigenvalue weighted by Crippen LogP contribution is 2.28. The number of carbonyl (C=O) groups is 2. The van der Waals surface area contributed by atoms with E-state index in [9.17, 15) is 9.59 Å². The first-order valence-corrected chi connectivity index (χ1v) is 10.3. The summed E-state index contributed by atoms with van der Waals surface area (Å²) < 4.78 is 15.8. The molecule has 3 aromatic rings. The van der Waals surface area contributed by atoms with Crippen molar-refractivity contribution in [2.24, 2.45) is 0 Å². The van der Waals surface area contributed by atoms with Gasteiger partial charge < -0.3 is 24.8 Å². The summed E-state index contributed by atoms with van der Waals surface area (Å²) >= 11 is 6.18. The minimum atomic E-state index is -0.553. The molecule has 8 heteroatoms. The standard InChI is InChI=1S/C25H23ClN2O5/c1-31-21-11-7-4-8-16(21)14-20(25(30)27-19-10-6-5-9-18(19)26)28-24(29)17-12-13-22(32-2)23(15-17)33-3/h4-15H,1-3H3,(H,27,30)(H,28,29). The van der Waals surface area contributed by atoms with Gasteiger partial charge >= 0.3 is 0 Å². The normalized spacial score (nSPS) is 10.8. The molecule has 0 aromatic heterocycles. The Balaban J connectivity index is 1.96. The molecular formula is C25H23ClN2O5. The number of amides is 2. The maximum Gasteiger partial charge on any atom is 0.272 e. The summed E-state index contributed by atoms with van der Waals surface area (Å²) in [6.45, 7) is 0. The fraction of sp³-hybridized carbons (Fsp3) is 0.120. The van der Waals surface area contributed by atoms with Crippen molar-refractivity contribution < 1.29 is 23.8 Å². The molecule has 0 aliphatic rings. The number of benzene rings is 3. The van der Waals surface area contributed by atoms with Gasteiger partial charge in [-0.1, -0.05) is 41.9 Å². The second-order valence-electron chi connectivity index (χ2n) is 6.76. The van der Waals surface area contributed by atoms with Gasteiger partial charge in [0.1, 0.15) is 11.4 Å². The molecule has 0 spiro atoms. The van der Waals surface area contributed by atoms with Crippen molar-refractivity contribution in [3.63, 3.8) is 0 Å². The number of para-hydroxylation sites is 2. The largest absolute Gasteiger partial charge is 0.496 e.